The fraction of sp³-hybridized carbons (Fsp3) is 0.467. The molecule has 0 fully saturated rings. The highest BCUT2D eigenvalue weighted by molar-refractivity contribution is 5.72. The van der Waals surface area contributed by atoms with Gasteiger partial charge in [-0.15, -0.1) is 0 Å². The molecule has 1 atom stereocenters. The zero-order valence-corrected chi connectivity index (χ0v) is 12.1. The standard InChI is InChI=1S/C15H21FN2O3/c1-11(19)17-7-2-8-18-14(10-15(20)21)9-12-3-5-13(16)6-4-12/h3-6,14,18H,2,7-10H2,1H3,(H,17,19)(H,20,21). The molecule has 21 heavy (non-hydrogen) atoms. The first-order chi connectivity index (χ1) is 9.97. The van der Waals surface area contributed by atoms with Gasteiger partial charge in [-0.2, -0.15) is 0 Å². The lowest BCUT2D eigenvalue weighted by Gasteiger charge is -2.17. The summed E-state index contributed by atoms with van der Waals surface area (Å²) in [6.45, 7) is 2.62. The molecule has 6 heteroatoms. The number of benzene rings is 1. The van der Waals surface area contributed by atoms with Crippen LogP contribution in [0.15, 0.2) is 24.3 Å². The van der Waals surface area contributed by atoms with E-state index in [1.54, 1.807) is 12.1 Å². The van der Waals surface area contributed by atoms with Crippen LogP contribution in [0, 0.1) is 5.82 Å². The van der Waals surface area contributed by atoms with Crippen LogP contribution < -0.4 is 10.6 Å². The van der Waals surface area contributed by atoms with E-state index in [9.17, 15) is 14.0 Å². The molecule has 0 aliphatic carbocycles. The normalized spacial score (nSPS) is 11.9. The summed E-state index contributed by atoms with van der Waals surface area (Å²) in [6, 6.07) is 5.82. The third-order valence-corrected chi connectivity index (χ3v) is 2.98. The Hall–Kier alpha value is -1.95. The van der Waals surface area contributed by atoms with Crippen LogP contribution in [0.5, 0.6) is 0 Å². The van der Waals surface area contributed by atoms with E-state index in [0.29, 0.717) is 19.5 Å². The van der Waals surface area contributed by atoms with Crippen LogP contribution in [0.3, 0.4) is 0 Å². The summed E-state index contributed by atoms with van der Waals surface area (Å²) in [5, 5.41) is 14.8. The Bertz CT molecular complexity index is 462. The van der Waals surface area contributed by atoms with Crippen LogP contribution in [0.2, 0.25) is 0 Å². The number of nitrogens with one attached hydrogen (secondary N) is 2. The number of carboxylic acid groups (broad SMARTS) is 1. The van der Waals surface area contributed by atoms with Crippen molar-refractivity contribution >= 4 is 11.9 Å². The van der Waals surface area contributed by atoms with Gasteiger partial charge in [0.25, 0.3) is 0 Å². The fourth-order valence-corrected chi connectivity index (χ4v) is 1.99. The van der Waals surface area contributed by atoms with Gasteiger partial charge in [-0.25, -0.2) is 4.39 Å². The number of hydrogen-bond donors (Lipinski definition) is 3. The molecule has 1 amide bonds. The van der Waals surface area contributed by atoms with Crippen molar-refractivity contribution in [2.75, 3.05) is 13.1 Å². The molecule has 0 saturated heterocycles. The average Bonchev–Trinajstić information content (AvgIpc) is 2.40. The molecule has 1 rings (SSSR count). The maximum atomic E-state index is 12.8. The number of amides is 1. The first kappa shape index (κ1) is 17.1. The molecule has 0 heterocycles. The molecule has 1 aromatic rings. The van der Waals surface area contributed by atoms with Gasteiger partial charge in [-0.3, -0.25) is 9.59 Å². The highest BCUT2D eigenvalue weighted by atomic mass is 19.1. The number of hydrogen-bond acceptors (Lipinski definition) is 3. The first-order valence-corrected chi connectivity index (χ1v) is 6.91. The van der Waals surface area contributed by atoms with Gasteiger partial charge in [0.2, 0.25) is 5.91 Å². The smallest absolute Gasteiger partial charge is 0.304 e. The van der Waals surface area contributed by atoms with Crippen molar-refractivity contribution in [2.24, 2.45) is 0 Å². The van der Waals surface area contributed by atoms with Crippen molar-refractivity contribution in [2.45, 2.75) is 32.2 Å². The van der Waals surface area contributed by atoms with E-state index in [-0.39, 0.29) is 24.2 Å². The third-order valence-electron chi connectivity index (χ3n) is 2.98. The highest BCUT2D eigenvalue weighted by Gasteiger charge is 2.13. The molecule has 0 aliphatic heterocycles. The Morgan fingerprint density at radius 3 is 2.48 bits per heavy atom. The maximum absolute atomic E-state index is 12.8. The van der Waals surface area contributed by atoms with Crippen LogP contribution in [-0.2, 0) is 16.0 Å². The molecule has 0 radical (unpaired) electrons. The second kappa shape index (κ2) is 9.07. The predicted octanol–water partition coefficient (Wildman–Crippen LogP) is 1.33. The predicted molar refractivity (Wildman–Crippen MR) is 77.4 cm³/mol. The first-order valence-electron chi connectivity index (χ1n) is 6.91. The average molecular weight is 296 g/mol. The lowest BCUT2D eigenvalue weighted by molar-refractivity contribution is -0.137. The quantitative estimate of drug-likeness (QED) is 0.601. The SMILES string of the molecule is CC(=O)NCCCNC(CC(=O)O)Cc1ccc(F)cc1. The molecule has 0 bridgehead atoms. The van der Waals surface area contributed by atoms with Crippen molar-refractivity contribution in [1.29, 1.82) is 0 Å². The number of carbonyl (C=O) groups excluding carboxylic acids is 1. The third kappa shape index (κ3) is 8.04. The summed E-state index contributed by atoms with van der Waals surface area (Å²) in [5.74, 6) is -1.27. The van der Waals surface area contributed by atoms with Crippen LogP contribution in [0.25, 0.3) is 0 Å². The van der Waals surface area contributed by atoms with Gasteiger partial charge in [0.15, 0.2) is 0 Å². The van der Waals surface area contributed by atoms with Crippen molar-refractivity contribution in [1.82, 2.24) is 10.6 Å². The number of halogens is 1. The van der Waals surface area contributed by atoms with Crippen molar-refractivity contribution in [3.8, 4) is 0 Å². The van der Waals surface area contributed by atoms with Gasteiger partial charge < -0.3 is 15.7 Å². The number of aliphatic carboxylic acids is 1. The van der Waals surface area contributed by atoms with E-state index in [2.05, 4.69) is 10.6 Å². The molecular formula is C15H21FN2O3. The summed E-state index contributed by atoms with van der Waals surface area (Å²) >= 11 is 0. The molecule has 5 nitrogen and oxygen atoms in total. The maximum Gasteiger partial charge on any atom is 0.304 e. The van der Waals surface area contributed by atoms with E-state index in [0.717, 1.165) is 12.0 Å². The van der Waals surface area contributed by atoms with Crippen LogP contribution in [-0.4, -0.2) is 36.1 Å². The van der Waals surface area contributed by atoms with E-state index < -0.39 is 5.97 Å². The van der Waals surface area contributed by atoms with Gasteiger partial charge in [0.05, 0.1) is 6.42 Å². The Morgan fingerprint density at radius 2 is 1.90 bits per heavy atom. The van der Waals surface area contributed by atoms with Crippen molar-refractivity contribution < 1.29 is 19.1 Å². The second-order valence-corrected chi connectivity index (χ2v) is 4.92. The van der Waals surface area contributed by atoms with Crippen LogP contribution in [0.1, 0.15) is 25.3 Å². The van der Waals surface area contributed by atoms with E-state index in [1.807, 2.05) is 0 Å². The zero-order chi connectivity index (χ0) is 15.7. The second-order valence-electron chi connectivity index (χ2n) is 4.92. The monoisotopic (exact) mass is 296 g/mol. The molecule has 0 aliphatic rings. The molecule has 3 N–H and O–H groups in total. The Kier molecular flexibility index (Phi) is 7.39. The summed E-state index contributed by atoms with van der Waals surface area (Å²) in [4.78, 5) is 21.6. The summed E-state index contributed by atoms with van der Waals surface area (Å²) < 4.78 is 12.8. The minimum atomic E-state index is -0.878. The van der Waals surface area contributed by atoms with Crippen molar-refractivity contribution in [3.63, 3.8) is 0 Å². The van der Waals surface area contributed by atoms with E-state index >= 15 is 0 Å². The van der Waals surface area contributed by atoms with Crippen LogP contribution >= 0.6 is 0 Å². The molecule has 116 valence electrons. The molecule has 1 unspecified atom stereocenters. The summed E-state index contributed by atoms with van der Waals surface area (Å²) in [7, 11) is 0. The van der Waals surface area contributed by atoms with Gasteiger partial charge in [-0.1, -0.05) is 12.1 Å². The Morgan fingerprint density at radius 1 is 1.24 bits per heavy atom. The minimum absolute atomic E-state index is 0.00247. The summed E-state index contributed by atoms with van der Waals surface area (Å²) in [6.07, 6.45) is 1.24. The lowest BCUT2D eigenvalue weighted by Crippen LogP contribution is -2.35. The molecule has 0 spiro atoms. The Labute approximate surface area is 123 Å². The minimum Gasteiger partial charge on any atom is -0.481 e. The lowest BCUT2D eigenvalue weighted by atomic mass is 10.0. The summed E-state index contributed by atoms with van der Waals surface area (Å²) in [5.41, 5.74) is 0.886. The fourth-order valence-electron chi connectivity index (χ4n) is 1.99. The van der Waals surface area contributed by atoms with Gasteiger partial charge in [-0.05, 0) is 37.1 Å². The van der Waals surface area contributed by atoms with Gasteiger partial charge >= 0.3 is 5.97 Å². The molecule has 0 aromatic heterocycles. The largest absolute Gasteiger partial charge is 0.481 e. The number of carbonyl (C=O) groups is 2. The number of rotatable bonds is 9. The molecular weight excluding hydrogens is 275 g/mol. The zero-order valence-electron chi connectivity index (χ0n) is 12.1. The van der Waals surface area contributed by atoms with Gasteiger partial charge in [0, 0.05) is 19.5 Å². The van der Waals surface area contributed by atoms with Gasteiger partial charge in [0.1, 0.15) is 5.82 Å². The topological polar surface area (TPSA) is 78.4 Å². The number of carboxylic acids is 1. The molecule has 0 saturated carbocycles. The van der Waals surface area contributed by atoms with E-state index in [4.69, 9.17) is 5.11 Å². The van der Waals surface area contributed by atoms with Crippen LogP contribution in [0.4, 0.5) is 4.39 Å². The highest BCUT2D eigenvalue weighted by Crippen LogP contribution is 2.08. The Balaban J connectivity index is 2.42. The molecule has 1 aromatic carbocycles. The van der Waals surface area contributed by atoms with E-state index in [1.165, 1.54) is 19.1 Å². The van der Waals surface area contributed by atoms with Crippen molar-refractivity contribution in [3.05, 3.63) is 35.6 Å².